The maximum absolute atomic E-state index is 10.8. The zero-order valence-corrected chi connectivity index (χ0v) is 12.2. The van der Waals surface area contributed by atoms with Gasteiger partial charge in [-0.2, -0.15) is 0 Å². The summed E-state index contributed by atoms with van der Waals surface area (Å²) >= 11 is 10.3. The van der Waals surface area contributed by atoms with Gasteiger partial charge in [0.25, 0.3) is 0 Å². The van der Waals surface area contributed by atoms with Gasteiger partial charge in [0.1, 0.15) is 0 Å². The van der Waals surface area contributed by atoms with Crippen LogP contribution in [0.4, 0.5) is 0 Å². The van der Waals surface area contributed by atoms with E-state index in [1.165, 1.54) is 0 Å². The number of aldehydes is 1. The molecule has 0 aliphatic rings. The van der Waals surface area contributed by atoms with Crippen LogP contribution in [0, 0.1) is 0 Å². The Labute approximate surface area is 112 Å². The topological polar surface area (TPSA) is 17.1 Å². The molecule has 0 heterocycles. The second-order valence-electron chi connectivity index (χ2n) is 3.07. The molecule has 0 fully saturated rings. The highest BCUT2D eigenvalue weighted by Crippen LogP contribution is 2.33. The summed E-state index contributed by atoms with van der Waals surface area (Å²) in [5.41, 5.74) is 0.654. The molecule has 0 N–H and O–H groups in total. The Kier molecular flexibility index (Phi) is 3.28. The van der Waals surface area contributed by atoms with E-state index in [4.69, 9.17) is 0 Å². The summed E-state index contributed by atoms with van der Waals surface area (Å²) in [5, 5.41) is 2.09. The third kappa shape index (κ3) is 2.03. The van der Waals surface area contributed by atoms with Crippen LogP contribution in [-0.2, 0) is 0 Å². The summed E-state index contributed by atoms with van der Waals surface area (Å²) in [5.74, 6) is 0. The van der Waals surface area contributed by atoms with E-state index in [9.17, 15) is 4.79 Å². The molecule has 0 amide bonds. The first-order chi connectivity index (χ1) is 7.13. The average Bonchev–Trinajstić information content (AvgIpc) is 2.23. The van der Waals surface area contributed by atoms with Gasteiger partial charge in [0.15, 0.2) is 6.29 Å². The number of hydrogen-bond acceptors (Lipinski definition) is 1. The van der Waals surface area contributed by atoms with Gasteiger partial charge in [0.2, 0.25) is 0 Å². The Morgan fingerprint density at radius 1 is 0.867 bits per heavy atom. The third-order valence-corrected chi connectivity index (χ3v) is 4.22. The summed E-state index contributed by atoms with van der Waals surface area (Å²) in [7, 11) is 0. The van der Waals surface area contributed by atoms with Gasteiger partial charge >= 0.3 is 0 Å². The Balaban J connectivity index is 2.92. The van der Waals surface area contributed by atoms with Gasteiger partial charge in [-0.15, -0.1) is 0 Å². The second-order valence-corrected chi connectivity index (χ2v) is 5.63. The van der Waals surface area contributed by atoms with Gasteiger partial charge < -0.3 is 0 Å². The van der Waals surface area contributed by atoms with Crippen molar-refractivity contribution in [1.82, 2.24) is 0 Å². The van der Waals surface area contributed by atoms with Crippen LogP contribution in [0.1, 0.15) is 10.4 Å². The molecule has 0 bridgehead atoms. The highest BCUT2D eigenvalue weighted by atomic mass is 79.9. The minimum absolute atomic E-state index is 0.654. The summed E-state index contributed by atoms with van der Waals surface area (Å²) in [6.45, 7) is 0. The number of halogens is 3. The molecular formula is C11H5Br3O. The molecule has 0 spiro atoms. The van der Waals surface area contributed by atoms with Crippen LogP contribution in [0.3, 0.4) is 0 Å². The second kappa shape index (κ2) is 4.36. The Bertz CT molecular complexity index is 549. The molecule has 76 valence electrons. The average molecular weight is 393 g/mol. The number of rotatable bonds is 1. The third-order valence-electron chi connectivity index (χ3n) is 2.15. The number of benzene rings is 2. The van der Waals surface area contributed by atoms with Crippen molar-refractivity contribution in [3.63, 3.8) is 0 Å². The quantitative estimate of drug-likeness (QED) is 0.628. The molecule has 15 heavy (non-hydrogen) atoms. The Morgan fingerprint density at radius 3 is 1.93 bits per heavy atom. The first-order valence-corrected chi connectivity index (χ1v) is 6.54. The van der Waals surface area contributed by atoms with E-state index in [2.05, 4.69) is 47.8 Å². The molecule has 0 aliphatic carbocycles. The largest absolute Gasteiger partial charge is 0.298 e. The van der Waals surface area contributed by atoms with Crippen LogP contribution < -0.4 is 0 Å². The fourth-order valence-corrected chi connectivity index (χ4v) is 2.76. The minimum atomic E-state index is 0.654. The van der Waals surface area contributed by atoms with Crippen LogP contribution in [0.2, 0.25) is 0 Å². The zero-order valence-electron chi connectivity index (χ0n) is 7.43. The smallest absolute Gasteiger partial charge is 0.151 e. The SMILES string of the molecule is O=Cc1cc2c(Br)ccc(Br)c2cc1Br. The van der Waals surface area contributed by atoms with E-state index in [0.29, 0.717) is 5.56 Å². The van der Waals surface area contributed by atoms with Crippen LogP contribution in [0.5, 0.6) is 0 Å². The van der Waals surface area contributed by atoms with Crippen molar-refractivity contribution >= 4 is 64.8 Å². The highest BCUT2D eigenvalue weighted by Gasteiger charge is 2.07. The molecule has 0 saturated heterocycles. The van der Waals surface area contributed by atoms with Gasteiger partial charge in [-0.25, -0.2) is 0 Å². The fraction of sp³-hybridized carbons (Fsp3) is 0. The summed E-state index contributed by atoms with van der Waals surface area (Å²) in [6, 6.07) is 7.73. The predicted octanol–water partition coefficient (Wildman–Crippen LogP) is 4.94. The molecule has 2 aromatic carbocycles. The molecule has 0 unspecified atom stereocenters. The highest BCUT2D eigenvalue weighted by molar-refractivity contribution is 9.11. The molecule has 0 saturated carbocycles. The van der Waals surface area contributed by atoms with Crippen molar-refractivity contribution in [2.24, 2.45) is 0 Å². The van der Waals surface area contributed by atoms with Gasteiger partial charge in [-0.1, -0.05) is 47.8 Å². The molecule has 0 aliphatic heterocycles. The van der Waals surface area contributed by atoms with E-state index in [0.717, 1.165) is 30.5 Å². The van der Waals surface area contributed by atoms with Gasteiger partial charge in [0, 0.05) is 19.0 Å². The molecule has 4 heteroatoms. The van der Waals surface area contributed by atoms with E-state index >= 15 is 0 Å². The first-order valence-electron chi connectivity index (χ1n) is 4.16. The van der Waals surface area contributed by atoms with Crippen molar-refractivity contribution in [2.45, 2.75) is 0 Å². The Hall–Kier alpha value is -0.190. The molecule has 0 atom stereocenters. The summed E-state index contributed by atoms with van der Waals surface area (Å²) < 4.78 is 2.80. The molecule has 0 aromatic heterocycles. The molecular weight excluding hydrogens is 388 g/mol. The van der Waals surface area contributed by atoms with Crippen molar-refractivity contribution in [2.75, 3.05) is 0 Å². The molecule has 2 rings (SSSR count). The normalized spacial score (nSPS) is 10.6. The van der Waals surface area contributed by atoms with E-state index in [1.807, 2.05) is 24.3 Å². The van der Waals surface area contributed by atoms with Crippen molar-refractivity contribution in [3.8, 4) is 0 Å². The van der Waals surface area contributed by atoms with Crippen LogP contribution in [0.15, 0.2) is 37.7 Å². The molecule has 1 nitrogen and oxygen atoms in total. The maximum atomic E-state index is 10.8. The zero-order chi connectivity index (χ0) is 11.0. The lowest BCUT2D eigenvalue weighted by Gasteiger charge is -2.05. The van der Waals surface area contributed by atoms with Crippen LogP contribution >= 0.6 is 47.8 Å². The lowest BCUT2D eigenvalue weighted by atomic mass is 10.1. The summed E-state index contributed by atoms with van der Waals surface area (Å²) in [6.07, 6.45) is 0.844. The standard InChI is InChI=1S/C11H5Br3O/c12-9-1-2-10(13)8-4-11(14)6(5-15)3-7(8)9/h1-5H. The summed E-state index contributed by atoms with van der Waals surface area (Å²) in [4.78, 5) is 10.8. The number of fused-ring (bicyclic) bond motifs is 1. The minimum Gasteiger partial charge on any atom is -0.298 e. The van der Waals surface area contributed by atoms with Crippen molar-refractivity contribution in [3.05, 3.63) is 43.2 Å². The van der Waals surface area contributed by atoms with Crippen molar-refractivity contribution < 1.29 is 4.79 Å². The monoisotopic (exact) mass is 390 g/mol. The van der Waals surface area contributed by atoms with Crippen LogP contribution in [-0.4, -0.2) is 6.29 Å². The van der Waals surface area contributed by atoms with Crippen molar-refractivity contribution in [1.29, 1.82) is 0 Å². The lowest BCUT2D eigenvalue weighted by molar-refractivity contribution is 0.112. The predicted molar refractivity (Wildman–Crippen MR) is 72.4 cm³/mol. The lowest BCUT2D eigenvalue weighted by Crippen LogP contribution is -1.85. The Morgan fingerprint density at radius 2 is 1.40 bits per heavy atom. The molecule has 0 radical (unpaired) electrons. The van der Waals surface area contributed by atoms with Gasteiger partial charge in [-0.3, -0.25) is 4.79 Å². The van der Waals surface area contributed by atoms with E-state index in [1.54, 1.807) is 0 Å². The maximum Gasteiger partial charge on any atom is 0.151 e. The number of carbonyl (C=O) groups is 1. The van der Waals surface area contributed by atoms with E-state index in [-0.39, 0.29) is 0 Å². The first kappa shape index (κ1) is 11.3. The molecule has 2 aromatic rings. The van der Waals surface area contributed by atoms with E-state index < -0.39 is 0 Å². The number of hydrogen-bond donors (Lipinski definition) is 0. The van der Waals surface area contributed by atoms with Gasteiger partial charge in [0.05, 0.1) is 0 Å². The number of carbonyl (C=O) groups excluding carboxylic acids is 1. The fourth-order valence-electron chi connectivity index (χ4n) is 1.40. The van der Waals surface area contributed by atoms with Gasteiger partial charge in [-0.05, 0) is 35.0 Å². The van der Waals surface area contributed by atoms with Crippen LogP contribution in [0.25, 0.3) is 10.8 Å².